The van der Waals surface area contributed by atoms with E-state index in [2.05, 4.69) is 10.2 Å². The lowest BCUT2D eigenvalue weighted by molar-refractivity contribution is -0.123. The van der Waals surface area contributed by atoms with Crippen LogP contribution in [0.4, 0.5) is 11.4 Å². The molecular weight excluding hydrogens is 366 g/mol. The molecule has 3 rings (SSSR count). The molecule has 148 valence electrons. The van der Waals surface area contributed by atoms with Crippen molar-refractivity contribution < 1.29 is 18.0 Å². The Labute approximate surface area is 160 Å². The van der Waals surface area contributed by atoms with Crippen LogP contribution in [-0.4, -0.2) is 57.4 Å². The van der Waals surface area contributed by atoms with E-state index in [4.69, 9.17) is 0 Å². The van der Waals surface area contributed by atoms with Gasteiger partial charge in [-0.15, -0.1) is 0 Å². The molecular formula is C19H27N3O4S. The van der Waals surface area contributed by atoms with Crippen LogP contribution in [0.25, 0.3) is 0 Å². The molecule has 1 atom stereocenters. The van der Waals surface area contributed by atoms with Crippen LogP contribution in [0.15, 0.2) is 24.3 Å². The third kappa shape index (κ3) is 5.22. The maximum Gasteiger partial charge on any atom is 0.240 e. The average Bonchev–Trinajstić information content (AvgIpc) is 2.98. The van der Waals surface area contributed by atoms with Crippen molar-refractivity contribution in [3.05, 3.63) is 24.3 Å². The molecule has 2 aliphatic rings. The van der Waals surface area contributed by atoms with Gasteiger partial charge in [0, 0.05) is 37.4 Å². The van der Waals surface area contributed by atoms with Gasteiger partial charge in [0.1, 0.15) is 6.54 Å². The number of nitrogens with zero attached hydrogens (tertiary/aromatic N) is 2. The van der Waals surface area contributed by atoms with Gasteiger partial charge in [0.05, 0.1) is 11.5 Å². The molecule has 0 aliphatic carbocycles. The number of nitrogens with one attached hydrogen (secondary N) is 1. The quantitative estimate of drug-likeness (QED) is 0.816. The predicted octanol–water partition coefficient (Wildman–Crippen LogP) is 1.33. The summed E-state index contributed by atoms with van der Waals surface area (Å²) in [6.45, 7) is 3.39. The lowest BCUT2D eigenvalue weighted by Crippen LogP contribution is -2.44. The fourth-order valence-electron chi connectivity index (χ4n) is 3.71. The smallest absolute Gasteiger partial charge is 0.240 e. The van der Waals surface area contributed by atoms with Crippen LogP contribution in [-0.2, 0) is 19.4 Å². The fraction of sp³-hybridized carbons (Fsp3) is 0.579. The summed E-state index contributed by atoms with van der Waals surface area (Å²) in [5, 5.41) is 2.73. The Hall–Kier alpha value is -2.09. The third-order valence-electron chi connectivity index (χ3n) is 5.16. The predicted molar refractivity (Wildman–Crippen MR) is 106 cm³/mol. The van der Waals surface area contributed by atoms with Crippen molar-refractivity contribution in [1.29, 1.82) is 0 Å². The first-order valence-electron chi connectivity index (χ1n) is 9.47. The number of piperidine rings is 1. The molecule has 0 radical (unpaired) electrons. The topological polar surface area (TPSA) is 86.8 Å². The monoisotopic (exact) mass is 393 g/mol. The van der Waals surface area contributed by atoms with Crippen molar-refractivity contribution in [2.24, 2.45) is 0 Å². The zero-order valence-electron chi connectivity index (χ0n) is 15.7. The summed E-state index contributed by atoms with van der Waals surface area (Å²) in [5.74, 6) is -0.488. The van der Waals surface area contributed by atoms with Gasteiger partial charge in [-0.1, -0.05) is 0 Å². The number of carbonyl (C=O) groups excluding carboxylic acids is 2. The van der Waals surface area contributed by atoms with Gasteiger partial charge >= 0.3 is 0 Å². The van der Waals surface area contributed by atoms with Gasteiger partial charge in [-0.3, -0.25) is 9.59 Å². The van der Waals surface area contributed by atoms with E-state index in [-0.39, 0.29) is 35.9 Å². The molecule has 8 heteroatoms. The molecule has 1 aromatic rings. The molecule has 27 heavy (non-hydrogen) atoms. The Morgan fingerprint density at radius 1 is 1.15 bits per heavy atom. The first kappa shape index (κ1) is 19.7. The van der Waals surface area contributed by atoms with E-state index in [9.17, 15) is 18.0 Å². The molecule has 2 heterocycles. The maximum absolute atomic E-state index is 12.3. The Balaban J connectivity index is 1.62. The normalized spacial score (nSPS) is 21.7. The number of carbonyl (C=O) groups is 2. The number of hydrogen-bond donors (Lipinski definition) is 1. The summed E-state index contributed by atoms with van der Waals surface area (Å²) in [6.07, 6.45) is 4.08. The van der Waals surface area contributed by atoms with E-state index in [1.807, 2.05) is 24.3 Å². The number of amides is 2. The van der Waals surface area contributed by atoms with Crippen LogP contribution in [0.1, 0.15) is 32.6 Å². The van der Waals surface area contributed by atoms with Crippen LogP contribution >= 0.6 is 0 Å². The number of hydrogen-bond acceptors (Lipinski definition) is 5. The van der Waals surface area contributed by atoms with Crippen molar-refractivity contribution >= 4 is 33.0 Å². The molecule has 2 fully saturated rings. The molecule has 0 spiro atoms. The van der Waals surface area contributed by atoms with Gasteiger partial charge in [-0.25, -0.2) is 8.42 Å². The molecule has 1 unspecified atom stereocenters. The van der Waals surface area contributed by atoms with Crippen LogP contribution in [0.3, 0.4) is 0 Å². The largest absolute Gasteiger partial charge is 0.372 e. The minimum atomic E-state index is -3.05. The fourth-order valence-corrected chi connectivity index (χ4v) is 5.38. The Morgan fingerprint density at radius 3 is 2.37 bits per heavy atom. The van der Waals surface area contributed by atoms with Gasteiger partial charge in [0.2, 0.25) is 11.8 Å². The van der Waals surface area contributed by atoms with E-state index in [1.165, 1.54) is 31.1 Å². The van der Waals surface area contributed by atoms with Crippen LogP contribution < -0.4 is 15.1 Å². The van der Waals surface area contributed by atoms with Gasteiger partial charge < -0.3 is 15.1 Å². The highest BCUT2D eigenvalue weighted by Gasteiger charge is 2.29. The van der Waals surface area contributed by atoms with E-state index in [0.29, 0.717) is 12.1 Å². The maximum atomic E-state index is 12.3. The van der Waals surface area contributed by atoms with Gasteiger partial charge in [-0.05, 0) is 49.9 Å². The molecule has 2 aliphatic heterocycles. The van der Waals surface area contributed by atoms with E-state index in [0.717, 1.165) is 18.8 Å². The second kappa shape index (κ2) is 8.29. The van der Waals surface area contributed by atoms with E-state index < -0.39 is 9.84 Å². The van der Waals surface area contributed by atoms with Crippen molar-refractivity contribution in [1.82, 2.24) is 5.32 Å². The molecule has 7 nitrogen and oxygen atoms in total. The number of rotatable bonds is 5. The van der Waals surface area contributed by atoms with Crippen molar-refractivity contribution in [2.45, 2.75) is 38.6 Å². The molecule has 0 bridgehead atoms. The van der Waals surface area contributed by atoms with Crippen LogP contribution in [0, 0.1) is 0 Å². The molecule has 0 aromatic heterocycles. The first-order valence-corrected chi connectivity index (χ1v) is 11.3. The molecule has 1 N–H and O–H groups in total. The number of sulfone groups is 1. The van der Waals surface area contributed by atoms with E-state index >= 15 is 0 Å². The van der Waals surface area contributed by atoms with Crippen LogP contribution in [0.2, 0.25) is 0 Å². The third-order valence-corrected chi connectivity index (χ3v) is 6.93. The number of benzene rings is 1. The van der Waals surface area contributed by atoms with Crippen molar-refractivity contribution in [3.63, 3.8) is 0 Å². The lowest BCUT2D eigenvalue weighted by atomic mass is 10.1. The molecule has 2 amide bonds. The molecule has 1 aromatic carbocycles. The average molecular weight is 394 g/mol. The van der Waals surface area contributed by atoms with Crippen molar-refractivity contribution in [3.8, 4) is 0 Å². The Morgan fingerprint density at radius 2 is 1.81 bits per heavy atom. The highest BCUT2D eigenvalue weighted by molar-refractivity contribution is 7.91. The summed E-state index contributed by atoms with van der Waals surface area (Å²) in [7, 11) is -3.05. The van der Waals surface area contributed by atoms with Crippen molar-refractivity contribution in [2.75, 3.05) is 40.9 Å². The Bertz CT molecular complexity index is 786. The highest BCUT2D eigenvalue weighted by atomic mass is 32.2. The van der Waals surface area contributed by atoms with Gasteiger partial charge in [0.25, 0.3) is 0 Å². The van der Waals surface area contributed by atoms with E-state index in [1.54, 1.807) is 0 Å². The summed E-state index contributed by atoms with van der Waals surface area (Å²) in [6, 6.07) is 7.32. The summed E-state index contributed by atoms with van der Waals surface area (Å²) in [4.78, 5) is 28.1. The Kier molecular flexibility index (Phi) is 6.04. The van der Waals surface area contributed by atoms with Gasteiger partial charge in [-0.2, -0.15) is 0 Å². The molecule has 2 saturated heterocycles. The summed E-state index contributed by atoms with van der Waals surface area (Å²) >= 11 is 0. The second-order valence-corrected chi connectivity index (χ2v) is 9.57. The lowest BCUT2D eigenvalue weighted by Gasteiger charge is -2.29. The SMILES string of the molecule is CC(=O)N(CC(=O)NC1CCS(=O)(=O)C1)c1ccc(N2CCCCC2)cc1. The van der Waals surface area contributed by atoms with Gasteiger partial charge in [0.15, 0.2) is 9.84 Å². The zero-order valence-corrected chi connectivity index (χ0v) is 16.5. The highest BCUT2D eigenvalue weighted by Crippen LogP contribution is 2.24. The zero-order chi connectivity index (χ0) is 19.4. The molecule has 0 saturated carbocycles. The second-order valence-electron chi connectivity index (χ2n) is 7.34. The summed E-state index contributed by atoms with van der Waals surface area (Å²) in [5.41, 5.74) is 1.79. The van der Waals surface area contributed by atoms with Crippen LogP contribution in [0.5, 0.6) is 0 Å². The number of anilines is 2. The standard InChI is InChI=1S/C19H27N3O4S/c1-15(23)22(13-19(24)20-16-9-12-27(25,26)14-16)18-7-5-17(6-8-18)21-10-3-2-4-11-21/h5-8,16H,2-4,9-14H2,1H3,(H,20,24). The minimum absolute atomic E-state index is 0.0245. The summed E-state index contributed by atoms with van der Waals surface area (Å²) < 4.78 is 23.0. The minimum Gasteiger partial charge on any atom is -0.372 e. The first-order chi connectivity index (χ1) is 12.8.